The Kier molecular flexibility index (Phi) is 7.03. The van der Waals surface area contributed by atoms with Crippen LogP contribution in [-0.2, 0) is 6.54 Å². The molecule has 0 aliphatic heterocycles. The molecule has 1 heterocycles. The number of hydrogen-bond donors (Lipinski definition) is 1. The molecule has 0 bridgehead atoms. The number of nitrogens with one attached hydrogen (secondary N) is 1. The summed E-state index contributed by atoms with van der Waals surface area (Å²) in [6, 6.07) is 6.80. The molecule has 3 heteroatoms. The molecule has 19 heavy (non-hydrogen) atoms. The zero-order valence-corrected chi connectivity index (χ0v) is 13.1. The monoisotopic (exact) mass is 263 g/mol. The van der Waals surface area contributed by atoms with Crippen molar-refractivity contribution in [2.45, 2.75) is 46.7 Å². The quantitative estimate of drug-likeness (QED) is 0.731. The molecule has 0 aliphatic rings. The minimum Gasteiger partial charge on any atom is -0.316 e. The van der Waals surface area contributed by atoms with Gasteiger partial charge in [-0.2, -0.15) is 0 Å². The van der Waals surface area contributed by atoms with Crippen molar-refractivity contribution in [3.63, 3.8) is 0 Å². The van der Waals surface area contributed by atoms with Gasteiger partial charge in [0.05, 0.1) is 5.69 Å². The van der Waals surface area contributed by atoms with Crippen molar-refractivity contribution >= 4 is 0 Å². The maximum Gasteiger partial charge on any atom is 0.0547 e. The summed E-state index contributed by atoms with van der Waals surface area (Å²) in [4.78, 5) is 6.93. The molecular weight excluding hydrogens is 234 g/mol. The van der Waals surface area contributed by atoms with Crippen LogP contribution in [0.15, 0.2) is 18.2 Å². The first-order valence-electron chi connectivity index (χ1n) is 7.32. The van der Waals surface area contributed by atoms with Crippen LogP contribution in [0.25, 0.3) is 0 Å². The van der Waals surface area contributed by atoms with Crippen LogP contribution in [0, 0.1) is 12.8 Å². The van der Waals surface area contributed by atoms with Crippen molar-refractivity contribution in [2.75, 3.05) is 20.1 Å². The third kappa shape index (κ3) is 6.69. The van der Waals surface area contributed by atoms with E-state index in [1.165, 1.54) is 6.42 Å². The van der Waals surface area contributed by atoms with Gasteiger partial charge in [0.15, 0.2) is 0 Å². The summed E-state index contributed by atoms with van der Waals surface area (Å²) in [5, 5.41) is 3.50. The van der Waals surface area contributed by atoms with E-state index in [9.17, 15) is 0 Å². The smallest absolute Gasteiger partial charge is 0.0547 e. The number of rotatable bonds is 8. The number of aromatic nitrogens is 1. The maximum atomic E-state index is 4.56. The number of hydrogen-bond acceptors (Lipinski definition) is 3. The van der Waals surface area contributed by atoms with Crippen molar-refractivity contribution < 1.29 is 0 Å². The highest BCUT2D eigenvalue weighted by molar-refractivity contribution is 5.09. The van der Waals surface area contributed by atoms with Gasteiger partial charge in [-0.15, -0.1) is 0 Å². The molecule has 0 fully saturated rings. The van der Waals surface area contributed by atoms with Crippen LogP contribution in [-0.4, -0.2) is 36.1 Å². The number of pyridine rings is 1. The van der Waals surface area contributed by atoms with Crippen molar-refractivity contribution in [3.8, 4) is 0 Å². The molecule has 3 nitrogen and oxygen atoms in total. The van der Waals surface area contributed by atoms with Gasteiger partial charge >= 0.3 is 0 Å². The molecule has 1 rings (SSSR count). The van der Waals surface area contributed by atoms with E-state index in [-0.39, 0.29) is 0 Å². The van der Waals surface area contributed by atoms with Crippen LogP contribution in [0.4, 0.5) is 0 Å². The molecule has 108 valence electrons. The van der Waals surface area contributed by atoms with Crippen LogP contribution in [0.1, 0.15) is 38.6 Å². The van der Waals surface area contributed by atoms with Crippen LogP contribution >= 0.6 is 0 Å². The molecule has 0 radical (unpaired) electrons. The standard InChI is InChI=1S/C16H29N3/c1-13(2)11-17-10-9-15(4)19(5)12-16-8-6-7-14(3)18-16/h6-8,13,15,17H,9-12H2,1-5H3. The summed E-state index contributed by atoms with van der Waals surface area (Å²) < 4.78 is 0. The highest BCUT2D eigenvalue weighted by Crippen LogP contribution is 2.07. The highest BCUT2D eigenvalue weighted by atomic mass is 15.1. The predicted molar refractivity (Wildman–Crippen MR) is 82.2 cm³/mol. The van der Waals surface area contributed by atoms with Crippen molar-refractivity contribution in [2.24, 2.45) is 5.92 Å². The second kappa shape index (κ2) is 8.28. The Morgan fingerprint density at radius 3 is 2.63 bits per heavy atom. The average Bonchev–Trinajstić information content (AvgIpc) is 2.34. The first-order valence-corrected chi connectivity index (χ1v) is 7.32. The van der Waals surface area contributed by atoms with E-state index >= 15 is 0 Å². The molecule has 0 aliphatic carbocycles. The molecule has 0 aromatic carbocycles. The van der Waals surface area contributed by atoms with Crippen LogP contribution in [0.2, 0.25) is 0 Å². The van der Waals surface area contributed by atoms with Crippen molar-refractivity contribution in [1.29, 1.82) is 0 Å². The summed E-state index contributed by atoms with van der Waals surface area (Å²) in [6.07, 6.45) is 1.18. The van der Waals surface area contributed by atoms with Gasteiger partial charge in [-0.25, -0.2) is 0 Å². The Morgan fingerprint density at radius 1 is 1.26 bits per heavy atom. The van der Waals surface area contributed by atoms with Crippen LogP contribution in [0.3, 0.4) is 0 Å². The molecule has 1 aromatic heterocycles. The Morgan fingerprint density at radius 2 is 2.00 bits per heavy atom. The van der Waals surface area contributed by atoms with E-state index in [4.69, 9.17) is 0 Å². The largest absolute Gasteiger partial charge is 0.316 e. The molecule has 0 saturated heterocycles. The van der Waals surface area contributed by atoms with E-state index in [0.29, 0.717) is 6.04 Å². The third-order valence-electron chi connectivity index (χ3n) is 3.40. The molecule has 1 aromatic rings. The molecule has 1 N–H and O–H groups in total. The van der Waals surface area contributed by atoms with E-state index in [0.717, 1.165) is 36.9 Å². The minimum absolute atomic E-state index is 0.571. The lowest BCUT2D eigenvalue weighted by molar-refractivity contribution is 0.233. The van der Waals surface area contributed by atoms with E-state index in [2.05, 4.69) is 55.2 Å². The summed E-state index contributed by atoms with van der Waals surface area (Å²) >= 11 is 0. The zero-order valence-electron chi connectivity index (χ0n) is 13.1. The fourth-order valence-electron chi connectivity index (χ4n) is 2.02. The Labute approximate surface area is 118 Å². The second-order valence-corrected chi connectivity index (χ2v) is 5.92. The minimum atomic E-state index is 0.571. The van der Waals surface area contributed by atoms with E-state index in [1.54, 1.807) is 0 Å². The molecular formula is C16H29N3. The fraction of sp³-hybridized carbons (Fsp3) is 0.688. The van der Waals surface area contributed by atoms with Gasteiger partial charge in [0, 0.05) is 18.3 Å². The number of aryl methyl sites for hydroxylation is 1. The normalized spacial score (nSPS) is 13.2. The molecule has 0 saturated carbocycles. The number of nitrogens with zero attached hydrogens (tertiary/aromatic N) is 2. The molecule has 1 unspecified atom stereocenters. The van der Waals surface area contributed by atoms with Crippen molar-refractivity contribution in [3.05, 3.63) is 29.6 Å². The lowest BCUT2D eigenvalue weighted by atomic mass is 10.2. The lowest BCUT2D eigenvalue weighted by Crippen LogP contribution is -2.32. The predicted octanol–water partition coefficient (Wildman–Crippen LogP) is 2.85. The van der Waals surface area contributed by atoms with Gasteiger partial charge < -0.3 is 5.32 Å². The topological polar surface area (TPSA) is 28.2 Å². The van der Waals surface area contributed by atoms with Gasteiger partial charge in [0.1, 0.15) is 0 Å². The van der Waals surface area contributed by atoms with E-state index in [1.807, 2.05) is 13.0 Å². The highest BCUT2D eigenvalue weighted by Gasteiger charge is 2.10. The summed E-state index contributed by atoms with van der Waals surface area (Å²) in [6.45, 7) is 11.9. The van der Waals surface area contributed by atoms with Gasteiger partial charge in [0.2, 0.25) is 0 Å². The molecule has 1 atom stereocenters. The summed E-state index contributed by atoms with van der Waals surface area (Å²) in [7, 11) is 2.18. The lowest BCUT2D eigenvalue weighted by Gasteiger charge is -2.24. The Hall–Kier alpha value is -0.930. The molecule has 0 amide bonds. The second-order valence-electron chi connectivity index (χ2n) is 5.92. The van der Waals surface area contributed by atoms with Gasteiger partial charge in [-0.05, 0) is 58.5 Å². The van der Waals surface area contributed by atoms with Crippen molar-refractivity contribution in [1.82, 2.24) is 15.2 Å². The van der Waals surface area contributed by atoms with Gasteiger partial charge in [-0.1, -0.05) is 19.9 Å². The van der Waals surface area contributed by atoms with E-state index < -0.39 is 0 Å². The Bertz CT molecular complexity index is 363. The Balaban J connectivity index is 2.30. The summed E-state index contributed by atoms with van der Waals surface area (Å²) in [5.41, 5.74) is 2.25. The molecule has 0 spiro atoms. The average molecular weight is 263 g/mol. The maximum absolute atomic E-state index is 4.56. The zero-order chi connectivity index (χ0) is 14.3. The SMILES string of the molecule is Cc1cccc(CN(C)C(C)CCNCC(C)C)n1. The fourth-order valence-corrected chi connectivity index (χ4v) is 2.02. The van der Waals surface area contributed by atoms with Crippen LogP contribution in [0.5, 0.6) is 0 Å². The third-order valence-corrected chi connectivity index (χ3v) is 3.40. The first kappa shape index (κ1) is 16.1. The first-order chi connectivity index (χ1) is 8.99. The van der Waals surface area contributed by atoms with Gasteiger partial charge in [-0.3, -0.25) is 9.88 Å². The summed E-state index contributed by atoms with van der Waals surface area (Å²) in [5.74, 6) is 0.726. The van der Waals surface area contributed by atoms with Gasteiger partial charge in [0.25, 0.3) is 0 Å². The van der Waals surface area contributed by atoms with Crippen LogP contribution < -0.4 is 5.32 Å².